The van der Waals surface area contributed by atoms with Crippen molar-refractivity contribution in [2.75, 3.05) is 16.3 Å². The monoisotopic (exact) mass is 576 g/mol. The van der Waals surface area contributed by atoms with E-state index in [-0.39, 0.29) is 51.9 Å². The van der Waals surface area contributed by atoms with Crippen LogP contribution in [-0.4, -0.2) is 50.9 Å². The molecule has 0 bridgehead atoms. The molecule has 13 heteroatoms. The van der Waals surface area contributed by atoms with Gasteiger partial charge in [0.2, 0.25) is 10.0 Å². The maximum Gasteiger partial charge on any atom is 0.286 e. The molecule has 1 amide bonds. The molecule has 2 aliphatic heterocycles. The van der Waals surface area contributed by atoms with Gasteiger partial charge in [0.25, 0.3) is 15.9 Å². The van der Waals surface area contributed by atoms with Crippen LogP contribution in [0.2, 0.25) is 0 Å². The number of hydrogen-bond donors (Lipinski definition) is 3. The van der Waals surface area contributed by atoms with E-state index in [0.29, 0.717) is 12.0 Å². The van der Waals surface area contributed by atoms with Crippen LogP contribution in [0.25, 0.3) is 0 Å². The Morgan fingerprint density at radius 1 is 1.18 bits per heavy atom. The molecule has 1 saturated carbocycles. The molecule has 1 fully saturated rings. The quantitative estimate of drug-likeness (QED) is 0.475. The number of carbonyl (C=O) groups excluding carboxylic acids is 1. The first-order valence-corrected chi connectivity index (χ1v) is 15.9. The van der Waals surface area contributed by atoms with Gasteiger partial charge in [-0.05, 0) is 54.7 Å². The third-order valence-electron chi connectivity index (χ3n) is 7.48. The molecule has 39 heavy (non-hydrogen) atoms. The van der Waals surface area contributed by atoms with Gasteiger partial charge in [0, 0.05) is 24.2 Å². The van der Waals surface area contributed by atoms with E-state index in [4.69, 9.17) is 0 Å². The van der Waals surface area contributed by atoms with Crippen molar-refractivity contribution in [3.8, 4) is 0 Å². The summed E-state index contributed by atoms with van der Waals surface area (Å²) < 4.78 is 69.2. The number of halogens is 1. The minimum atomic E-state index is -4.36. The van der Waals surface area contributed by atoms with Crippen LogP contribution in [0, 0.1) is 17.7 Å². The van der Waals surface area contributed by atoms with Crippen LogP contribution in [0.5, 0.6) is 0 Å². The fourth-order valence-corrected chi connectivity index (χ4v) is 7.49. The van der Waals surface area contributed by atoms with E-state index < -0.39 is 37.7 Å². The number of nitrogens with zero attached hydrogens (tertiary/aromatic N) is 2. The number of amides is 1. The second-order valence-electron chi connectivity index (χ2n) is 10.1. The zero-order valence-electron chi connectivity index (χ0n) is 21.4. The molecule has 0 radical (unpaired) electrons. The lowest BCUT2D eigenvalue weighted by molar-refractivity contribution is -0.135. The first-order chi connectivity index (χ1) is 18.4. The van der Waals surface area contributed by atoms with Crippen molar-refractivity contribution in [3.63, 3.8) is 0 Å². The third-order valence-corrected chi connectivity index (χ3v) is 9.40. The molecule has 1 aliphatic carbocycles. The van der Waals surface area contributed by atoms with Crippen molar-refractivity contribution in [2.24, 2.45) is 16.2 Å². The predicted octanol–water partition coefficient (Wildman–Crippen LogP) is 3.76. The number of fused-ring (bicyclic) bond motifs is 2. The lowest BCUT2D eigenvalue weighted by atomic mass is 9.71. The van der Waals surface area contributed by atoms with Crippen molar-refractivity contribution >= 4 is 43.2 Å². The van der Waals surface area contributed by atoms with Gasteiger partial charge < -0.3 is 15.3 Å². The Labute approximate surface area is 226 Å². The Morgan fingerprint density at radius 3 is 2.56 bits per heavy atom. The van der Waals surface area contributed by atoms with Gasteiger partial charge in [0.05, 0.1) is 11.9 Å². The Morgan fingerprint density at radius 2 is 1.90 bits per heavy atom. The van der Waals surface area contributed by atoms with Crippen LogP contribution in [0.4, 0.5) is 15.8 Å². The van der Waals surface area contributed by atoms with E-state index in [1.807, 2.05) is 6.92 Å². The number of aliphatic hydroxyl groups excluding tert-OH is 1. The van der Waals surface area contributed by atoms with Gasteiger partial charge >= 0.3 is 0 Å². The van der Waals surface area contributed by atoms with Crippen LogP contribution < -0.4 is 10.0 Å². The van der Waals surface area contributed by atoms with E-state index in [1.54, 1.807) is 17.0 Å². The number of sulfonamides is 2. The maximum absolute atomic E-state index is 14.0. The van der Waals surface area contributed by atoms with Crippen molar-refractivity contribution in [1.82, 2.24) is 4.90 Å². The van der Waals surface area contributed by atoms with Crippen LogP contribution in [-0.2, 0) is 31.4 Å². The van der Waals surface area contributed by atoms with Crippen LogP contribution >= 0.6 is 0 Å². The van der Waals surface area contributed by atoms with Crippen molar-refractivity contribution in [2.45, 2.75) is 50.1 Å². The third kappa shape index (κ3) is 5.24. The van der Waals surface area contributed by atoms with E-state index in [1.165, 1.54) is 24.3 Å². The molecule has 0 aromatic heterocycles. The van der Waals surface area contributed by atoms with Crippen molar-refractivity contribution in [3.05, 3.63) is 65.2 Å². The van der Waals surface area contributed by atoms with Crippen LogP contribution in [0.1, 0.15) is 38.2 Å². The molecule has 2 heterocycles. The average molecular weight is 577 g/mol. The number of aliphatic hydroxyl groups is 1. The zero-order valence-corrected chi connectivity index (χ0v) is 23.0. The van der Waals surface area contributed by atoms with Gasteiger partial charge in [-0.15, -0.1) is 4.40 Å². The summed E-state index contributed by atoms with van der Waals surface area (Å²) in [5, 5.41) is 14.3. The predicted molar refractivity (Wildman–Crippen MR) is 145 cm³/mol. The largest absolute Gasteiger partial charge is 0.511 e. The van der Waals surface area contributed by atoms with Gasteiger partial charge in [-0.3, -0.25) is 9.52 Å². The van der Waals surface area contributed by atoms with E-state index in [0.717, 1.165) is 31.6 Å². The molecule has 0 saturated heterocycles. The summed E-state index contributed by atoms with van der Waals surface area (Å²) in [5.74, 6) is -1.74. The highest BCUT2D eigenvalue weighted by atomic mass is 32.2. The molecule has 208 valence electrons. The Kier molecular flexibility index (Phi) is 6.91. The molecule has 2 aromatic rings. The zero-order chi connectivity index (χ0) is 28.1. The van der Waals surface area contributed by atoms with E-state index in [2.05, 4.69) is 14.4 Å². The summed E-state index contributed by atoms with van der Waals surface area (Å²) in [6, 6.07) is 9.41. The first kappa shape index (κ1) is 27.1. The standard InChI is InChI=1S/C26H29FN4O6S2/c1-3-16-5-4-6-19-23(16)31(14-15-7-9-17(27)10-8-15)26(33)22(24(19)32)25-28-20-12-11-18(29-38(2,34)35)13-21(20)39(36,37)30-25/h7-13,16,19,23,29,32H,3-6,14H2,1-2H3,(H,28,30)/t16?,19-,23+/m0/s1. The summed E-state index contributed by atoms with van der Waals surface area (Å²) in [7, 11) is -8.01. The SMILES string of the molecule is CCC1CCC[C@@H]2C(O)=C(C3=NS(=O)(=O)c4cc(NS(C)(=O)=O)ccc4N3)C(=O)N(Cc3ccc(F)cc3)[C@H]12. The smallest absolute Gasteiger partial charge is 0.286 e. The summed E-state index contributed by atoms with van der Waals surface area (Å²) in [4.78, 5) is 15.4. The maximum atomic E-state index is 14.0. The highest BCUT2D eigenvalue weighted by Gasteiger charge is 2.48. The number of nitrogens with one attached hydrogen (secondary N) is 2. The van der Waals surface area contributed by atoms with Crippen LogP contribution in [0.3, 0.4) is 0 Å². The lowest BCUT2D eigenvalue weighted by Crippen LogP contribution is -2.55. The van der Waals surface area contributed by atoms with E-state index in [9.17, 15) is 31.1 Å². The normalized spacial score (nSPS) is 24.4. The average Bonchev–Trinajstić information content (AvgIpc) is 2.86. The highest BCUT2D eigenvalue weighted by Crippen LogP contribution is 2.44. The molecule has 3 atom stereocenters. The van der Waals surface area contributed by atoms with Gasteiger partial charge in [0.1, 0.15) is 22.0 Å². The van der Waals surface area contributed by atoms with Crippen LogP contribution in [0.15, 0.2) is 63.1 Å². The second-order valence-corrected chi connectivity index (χ2v) is 13.5. The lowest BCUT2D eigenvalue weighted by Gasteiger charge is -2.48. The topological polar surface area (TPSA) is 145 Å². The minimum Gasteiger partial charge on any atom is -0.511 e. The molecular weight excluding hydrogens is 547 g/mol. The van der Waals surface area contributed by atoms with Crippen molar-refractivity contribution < 1.29 is 31.1 Å². The fraction of sp³-hybridized carbons (Fsp3) is 0.385. The Balaban J connectivity index is 1.57. The summed E-state index contributed by atoms with van der Waals surface area (Å²) in [6.45, 7) is 2.19. The number of anilines is 2. The van der Waals surface area contributed by atoms with Gasteiger partial charge in [-0.1, -0.05) is 31.9 Å². The molecule has 10 nitrogen and oxygen atoms in total. The van der Waals surface area contributed by atoms with Gasteiger partial charge in [0.15, 0.2) is 5.84 Å². The molecule has 1 unspecified atom stereocenters. The summed E-state index contributed by atoms with van der Waals surface area (Å²) in [6.07, 6.45) is 4.08. The molecule has 0 spiro atoms. The number of amidine groups is 1. The van der Waals surface area contributed by atoms with Gasteiger partial charge in [-0.25, -0.2) is 12.8 Å². The molecule has 3 aliphatic rings. The number of rotatable bonds is 6. The highest BCUT2D eigenvalue weighted by molar-refractivity contribution is 7.92. The van der Waals surface area contributed by atoms with Gasteiger partial charge in [-0.2, -0.15) is 8.42 Å². The second kappa shape index (κ2) is 9.94. The summed E-state index contributed by atoms with van der Waals surface area (Å²) in [5.41, 5.74) is 0.612. The molecule has 2 aromatic carbocycles. The molecule has 5 rings (SSSR count). The number of hydrogen-bond acceptors (Lipinski definition) is 7. The molecule has 3 N–H and O–H groups in total. The Hall–Kier alpha value is -3.45. The Bertz CT molecular complexity index is 1600. The molecular formula is C26H29FN4O6S2. The van der Waals surface area contributed by atoms with Crippen molar-refractivity contribution in [1.29, 1.82) is 0 Å². The number of carbonyl (C=O) groups is 1. The fourth-order valence-electron chi connectivity index (χ4n) is 5.79. The minimum absolute atomic E-state index is 0.0391. The first-order valence-electron chi connectivity index (χ1n) is 12.6. The summed E-state index contributed by atoms with van der Waals surface area (Å²) >= 11 is 0. The number of benzene rings is 2. The van der Waals surface area contributed by atoms with E-state index >= 15 is 0 Å².